The van der Waals surface area contributed by atoms with Crippen LogP contribution >= 0.6 is 11.3 Å². The van der Waals surface area contributed by atoms with Gasteiger partial charge in [0, 0.05) is 23.7 Å². The van der Waals surface area contributed by atoms with Gasteiger partial charge in [0.05, 0.1) is 23.7 Å². The Balaban J connectivity index is 1.69. The SMILES string of the molecule is CCn1cc(C(=O)Nc2nc(-c3ccccc3)cs2)c(=O)c2cc(OC)ccc21. The number of fused-ring (bicyclic) bond motifs is 1. The van der Waals surface area contributed by atoms with E-state index in [9.17, 15) is 9.59 Å². The highest BCUT2D eigenvalue weighted by molar-refractivity contribution is 7.14. The van der Waals surface area contributed by atoms with Gasteiger partial charge >= 0.3 is 0 Å². The molecular formula is C22H19N3O3S. The first-order valence-corrected chi connectivity index (χ1v) is 10.0. The van der Waals surface area contributed by atoms with E-state index in [2.05, 4.69) is 10.3 Å². The topological polar surface area (TPSA) is 73.2 Å². The number of hydrogen-bond donors (Lipinski definition) is 1. The monoisotopic (exact) mass is 405 g/mol. The van der Waals surface area contributed by atoms with Crippen LogP contribution in [-0.2, 0) is 6.54 Å². The Kier molecular flexibility index (Phi) is 5.14. The van der Waals surface area contributed by atoms with Crippen LogP contribution in [0.15, 0.2) is 64.9 Å². The molecule has 4 rings (SSSR count). The van der Waals surface area contributed by atoms with E-state index in [0.717, 1.165) is 16.8 Å². The summed E-state index contributed by atoms with van der Waals surface area (Å²) in [5.41, 5.74) is 2.25. The number of carbonyl (C=O) groups is 1. The number of anilines is 1. The zero-order valence-electron chi connectivity index (χ0n) is 16.0. The van der Waals surface area contributed by atoms with Crippen LogP contribution in [0.4, 0.5) is 5.13 Å². The van der Waals surface area contributed by atoms with Crippen LogP contribution in [0.5, 0.6) is 5.75 Å². The zero-order valence-corrected chi connectivity index (χ0v) is 16.8. The zero-order chi connectivity index (χ0) is 20.4. The average Bonchev–Trinajstić information content (AvgIpc) is 3.23. The first kappa shape index (κ1) is 18.9. The van der Waals surface area contributed by atoms with E-state index in [1.165, 1.54) is 11.3 Å². The van der Waals surface area contributed by atoms with Crippen LogP contribution in [0.2, 0.25) is 0 Å². The van der Waals surface area contributed by atoms with Gasteiger partial charge in [-0.3, -0.25) is 14.9 Å². The molecule has 2 heterocycles. The Labute approximate surface area is 171 Å². The molecule has 0 atom stereocenters. The molecule has 0 aliphatic carbocycles. The molecule has 0 fully saturated rings. The third-order valence-corrected chi connectivity index (χ3v) is 5.42. The summed E-state index contributed by atoms with van der Waals surface area (Å²) in [5, 5.41) is 5.53. The number of amides is 1. The summed E-state index contributed by atoms with van der Waals surface area (Å²) in [7, 11) is 1.54. The highest BCUT2D eigenvalue weighted by atomic mass is 32.1. The molecule has 0 aliphatic heterocycles. The Bertz CT molecular complexity index is 1250. The summed E-state index contributed by atoms with van der Waals surface area (Å²) in [6.07, 6.45) is 1.60. The molecule has 1 amide bonds. The van der Waals surface area contributed by atoms with Gasteiger partial charge in [0.2, 0.25) is 5.43 Å². The van der Waals surface area contributed by atoms with Crippen molar-refractivity contribution in [1.29, 1.82) is 0 Å². The van der Waals surface area contributed by atoms with Crippen LogP contribution in [0.3, 0.4) is 0 Å². The van der Waals surface area contributed by atoms with Crippen molar-refractivity contribution in [2.45, 2.75) is 13.5 Å². The van der Waals surface area contributed by atoms with Gasteiger partial charge in [-0.2, -0.15) is 0 Å². The second-order valence-corrected chi connectivity index (χ2v) is 7.26. The number of rotatable bonds is 5. The molecule has 0 saturated carbocycles. The van der Waals surface area contributed by atoms with Gasteiger partial charge in [0.15, 0.2) is 5.13 Å². The summed E-state index contributed by atoms with van der Waals surface area (Å²) in [5.74, 6) is 0.0955. The van der Waals surface area contributed by atoms with Crippen molar-refractivity contribution in [2.75, 3.05) is 12.4 Å². The minimum atomic E-state index is -0.476. The fraction of sp³-hybridized carbons (Fsp3) is 0.136. The maximum absolute atomic E-state index is 13.0. The Hall–Kier alpha value is -3.45. The molecule has 2 aromatic carbocycles. The van der Waals surface area contributed by atoms with Crippen LogP contribution < -0.4 is 15.5 Å². The Morgan fingerprint density at radius 1 is 1.21 bits per heavy atom. The number of thiazole rings is 1. The predicted molar refractivity (Wildman–Crippen MR) is 116 cm³/mol. The number of nitrogens with one attached hydrogen (secondary N) is 1. The number of carbonyl (C=O) groups excluding carboxylic acids is 1. The third-order valence-electron chi connectivity index (χ3n) is 4.67. The minimum absolute atomic E-state index is 0.0732. The van der Waals surface area contributed by atoms with Gasteiger partial charge in [0.1, 0.15) is 11.3 Å². The lowest BCUT2D eigenvalue weighted by atomic mass is 10.1. The highest BCUT2D eigenvalue weighted by Crippen LogP contribution is 2.25. The van der Waals surface area contributed by atoms with Crippen LogP contribution in [0, 0.1) is 0 Å². The smallest absolute Gasteiger partial charge is 0.262 e. The van der Waals surface area contributed by atoms with E-state index in [1.807, 2.05) is 53.3 Å². The van der Waals surface area contributed by atoms with Crippen molar-refractivity contribution < 1.29 is 9.53 Å². The molecule has 1 N–H and O–H groups in total. The molecule has 0 spiro atoms. The van der Waals surface area contributed by atoms with Gasteiger partial charge in [-0.05, 0) is 25.1 Å². The maximum atomic E-state index is 13.0. The van der Waals surface area contributed by atoms with Crippen LogP contribution in [0.1, 0.15) is 17.3 Å². The van der Waals surface area contributed by atoms with Crippen molar-refractivity contribution in [3.63, 3.8) is 0 Å². The van der Waals surface area contributed by atoms with Crippen molar-refractivity contribution in [3.05, 3.63) is 75.9 Å². The Morgan fingerprint density at radius 3 is 2.72 bits per heavy atom. The molecule has 2 aromatic heterocycles. The summed E-state index contributed by atoms with van der Waals surface area (Å²) in [6.45, 7) is 2.58. The number of pyridine rings is 1. The van der Waals surface area contributed by atoms with E-state index in [0.29, 0.717) is 22.8 Å². The fourth-order valence-electron chi connectivity index (χ4n) is 3.16. The molecular weight excluding hydrogens is 386 g/mol. The molecule has 0 saturated heterocycles. The quantitative estimate of drug-likeness (QED) is 0.534. The van der Waals surface area contributed by atoms with Gasteiger partial charge < -0.3 is 9.30 Å². The Morgan fingerprint density at radius 2 is 2.00 bits per heavy atom. The first-order valence-electron chi connectivity index (χ1n) is 9.14. The van der Waals surface area contributed by atoms with Gasteiger partial charge in [-0.1, -0.05) is 30.3 Å². The standard InChI is InChI=1S/C22H19N3O3S/c1-3-25-12-17(20(26)16-11-15(28-2)9-10-19(16)25)21(27)24-22-23-18(13-29-22)14-7-5-4-6-8-14/h4-13H,3H2,1-2H3,(H,23,24,27). The van der Waals surface area contributed by atoms with E-state index in [-0.39, 0.29) is 11.0 Å². The van der Waals surface area contributed by atoms with Crippen LogP contribution in [0.25, 0.3) is 22.2 Å². The van der Waals surface area contributed by atoms with E-state index >= 15 is 0 Å². The molecule has 0 unspecified atom stereocenters. The number of nitrogens with zero attached hydrogens (tertiary/aromatic N) is 2. The summed E-state index contributed by atoms with van der Waals surface area (Å²) < 4.78 is 7.11. The summed E-state index contributed by atoms with van der Waals surface area (Å²) in [4.78, 5) is 30.3. The number of ether oxygens (including phenoxy) is 1. The maximum Gasteiger partial charge on any atom is 0.262 e. The number of hydrogen-bond acceptors (Lipinski definition) is 5. The van der Waals surface area contributed by atoms with E-state index in [4.69, 9.17) is 4.74 Å². The van der Waals surface area contributed by atoms with E-state index in [1.54, 1.807) is 25.4 Å². The second-order valence-electron chi connectivity index (χ2n) is 6.40. The predicted octanol–water partition coefficient (Wildman–Crippen LogP) is 4.41. The lowest BCUT2D eigenvalue weighted by Gasteiger charge is -2.12. The minimum Gasteiger partial charge on any atom is -0.497 e. The summed E-state index contributed by atoms with van der Waals surface area (Å²) >= 11 is 1.32. The summed E-state index contributed by atoms with van der Waals surface area (Å²) in [6, 6.07) is 15.0. The third kappa shape index (κ3) is 3.64. The number of aryl methyl sites for hydroxylation is 1. The lowest BCUT2D eigenvalue weighted by Crippen LogP contribution is -2.23. The van der Waals surface area contributed by atoms with Crippen molar-refractivity contribution in [3.8, 4) is 17.0 Å². The molecule has 0 bridgehead atoms. The molecule has 7 heteroatoms. The lowest BCUT2D eigenvalue weighted by molar-refractivity contribution is 0.102. The van der Waals surface area contributed by atoms with Gasteiger partial charge in [0.25, 0.3) is 5.91 Å². The molecule has 4 aromatic rings. The fourth-order valence-corrected chi connectivity index (χ4v) is 3.88. The highest BCUT2D eigenvalue weighted by Gasteiger charge is 2.17. The molecule has 6 nitrogen and oxygen atoms in total. The van der Waals surface area contributed by atoms with Crippen molar-refractivity contribution in [1.82, 2.24) is 9.55 Å². The average molecular weight is 405 g/mol. The largest absolute Gasteiger partial charge is 0.497 e. The molecule has 0 radical (unpaired) electrons. The molecule has 0 aliphatic rings. The van der Waals surface area contributed by atoms with Crippen molar-refractivity contribution >= 4 is 33.3 Å². The second kappa shape index (κ2) is 7.89. The number of benzene rings is 2. The normalized spacial score (nSPS) is 10.8. The van der Waals surface area contributed by atoms with E-state index < -0.39 is 5.91 Å². The number of methoxy groups -OCH3 is 1. The van der Waals surface area contributed by atoms with Crippen LogP contribution in [-0.4, -0.2) is 22.6 Å². The van der Waals surface area contributed by atoms with Gasteiger partial charge in [-0.25, -0.2) is 4.98 Å². The van der Waals surface area contributed by atoms with Crippen molar-refractivity contribution in [2.24, 2.45) is 0 Å². The number of aromatic nitrogens is 2. The first-order chi connectivity index (χ1) is 14.1. The molecule has 29 heavy (non-hydrogen) atoms. The van der Waals surface area contributed by atoms with Gasteiger partial charge in [-0.15, -0.1) is 11.3 Å². The molecule has 146 valence electrons.